The van der Waals surface area contributed by atoms with Gasteiger partial charge in [0, 0.05) is 24.6 Å². The van der Waals surface area contributed by atoms with Crippen molar-refractivity contribution in [2.45, 2.75) is 26.7 Å². The lowest BCUT2D eigenvalue weighted by atomic mass is 9.98. The predicted molar refractivity (Wildman–Crippen MR) is 106 cm³/mol. The number of piperidine rings is 1. The van der Waals surface area contributed by atoms with E-state index in [9.17, 15) is 4.79 Å². The fourth-order valence-corrected chi connectivity index (χ4v) is 3.69. The summed E-state index contributed by atoms with van der Waals surface area (Å²) >= 11 is 0. The van der Waals surface area contributed by atoms with E-state index in [2.05, 4.69) is 29.0 Å². The molecule has 0 radical (unpaired) electrons. The molecule has 0 saturated carbocycles. The number of rotatable bonds is 4. The summed E-state index contributed by atoms with van der Waals surface area (Å²) < 4.78 is 5.94. The van der Waals surface area contributed by atoms with Crippen LogP contribution in [0.15, 0.2) is 42.5 Å². The third-order valence-electron chi connectivity index (χ3n) is 5.16. The number of aryl methyl sites for hydroxylation is 2. The number of imidazole rings is 1. The van der Waals surface area contributed by atoms with Crippen molar-refractivity contribution in [2.75, 3.05) is 19.7 Å². The van der Waals surface area contributed by atoms with Crippen molar-refractivity contribution in [3.05, 3.63) is 59.4 Å². The minimum Gasteiger partial charge on any atom is -0.493 e. The van der Waals surface area contributed by atoms with Crippen LogP contribution in [0.25, 0.3) is 11.0 Å². The van der Waals surface area contributed by atoms with Gasteiger partial charge in [0.2, 0.25) is 0 Å². The van der Waals surface area contributed by atoms with Gasteiger partial charge < -0.3 is 14.6 Å². The molecule has 1 N–H and O–H groups in total. The standard InChI is InChI=1S/C22H25N3O2/c1-15-5-8-19(9-6-15)27-14-17-4-3-11-25(13-17)22(26)18-7-10-20-21(12-18)24-16(2)23-20/h5-10,12,17H,3-4,11,13-14H2,1-2H3,(H,23,24)/t17-/m0/s1. The monoisotopic (exact) mass is 363 g/mol. The number of H-pyrrole nitrogens is 1. The quantitative estimate of drug-likeness (QED) is 0.759. The number of carbonyl (C=O) groups excluding carboxylic acids is 1. The molecule has 1 aromatic heterocycles. The van der Waals surface area contributed by atoms with Gasteiger partial charge in [-0.25, -0.2) is 4.98 Å². The number of hydrogen-bond acceptors (Lipinski definition) is 3. The molecule has 0 unspecified atom stereocenters. The smallest absolute Gasteiger partial charge is 0.253 e. The molecule has 140 valence electrons. The molecule has 1 atom stereocenters. The highest BCUT2D eigenvalue weighted by Gasteiger charge is 2.25. The van der Waals surface area contributed by atoms with E-state index < -0.39 is 0 Å². The van der Waals surface area contributed by atoms with Crippen LogP contribution >= 0.6 is 0 Å². The summed E-state index contributed by atoms with van der Waals surface area (Å²) in [5, 5.41) is 0. The summed E-state index contributed by atoms with van der Waals surface area (Å²) in [6.45, 7) is 6.18. The van der Waals surface area contributed by atoms with Gasteiger partial charge >= 0.3 is 0 Å². The van der Waals surface area contributed by atoms with Gasteiger partial charge in [0.25, 0.3) is 5.91 Å². The number of nitrogens with one attached hydrogen (secondary N) is 1. The van der Waals surface area contributed by atoms with E-state index in [1.54, 1.807) is 0 Å². The molecule has 1 aliphatic heterocycles. The molecule has 5 nitrogen and oxygen atoms in total. The van der Waals surface area contributed by atoms with Crippen molar-refractivity contribution in [1.29, 1.82) is 0 Å². The van der Waals surface area contributed by atoms with E-state index >= 15 is 0 Å². The Morgan fingerprint density at radius 3 is 2.85 bits per heavy atom. The Bertz CT molecular complexity index is 946. The van der Waals surface area contributed by atoms with E-state index in [0.29, 0.717) is 18.1 Å². The summed E-state index contributed by atoms with van der Waals surface area (Å²) in [5.41, 5.74) is 3.74. The summed E-state index contributed by atoms with van der Waals surface area (Å²) in [6, 6.07) is 13.8. The van der Waals surface area contributed by atoms with Gasteiger partial charge in [-0.1, -0.05) is 17.7 Å². The lowest BCUT2D eigenvalue weighted by molar-refractivity contribution is 0.0633. The molecule has 2 heterocycles. The van der Waals surface area contributed by atoms with Crippen LogP contribution in [0.1, 0.15) is 34.6 Å². The van der Waals surface area contributed by atoms with Gasteiger partial charge in [0.15, 0.2) is 0 Å². The molecule has 0 spiro atoms. The molecule has 1 saturated heterocycles. The zero-order valence-corrected chi connectivity index (χ0v) is 15.9. The number of nitrogens with zero attached hydrogens (tertiary/aromatic N) is 2. The molecule has 27 heavy (non-hydrogen) atoms. The van der Waals surface area contributed by atoms with Crippen LogP contribution in [0.3, 0.4) is 0 Å². The maximum absolute atomic E-state index is 13.0. The minimum absolute atomic E-state index is 0.0872. The Hall–Kier alpha value is -2.82. The molecule has 4 rings (SSSR count). The van der Waals surface area contributed by atoms with Gasteiger partial charge in [-0.2, -0.15) is 0 Å². The van der Waals surface area contributed by atoms with E-state index in [0.717, 1.165) is 48.5 Å². The van der Waals surface area contributed by atoms with Crippen molar-refractivity contribution in [1.82, 2.24) is 14.9 Å². The van der Waals surface area contributed by atoms with Crippen molar-refractivity contribution in [3.8, 4) is 5.75 Å². The predicted octanol–water partition coefficient (Wildman–Crippen LogP) is 4.11. The Balaban J connectivity index is 1.40. The zero-order valence-electron chi connectivity index (χ0n) is 15.9. The SMILES string of the molecule is Cc1ccc(OC[C@H]2CCCN(C(=O)c3ccc4nc(C)[nH]c4c3)C2)cc1. The summed E-state index contributed by atoms with van der Waals surface area (Å²) in [5.74, 6) is 2.20. The van der Waals surface area contributed by atoms with E-state index in [4.69, 9.17) is 4.74 Å². The summed E-state index contributed by atoms with van der Waals surface area (Å²) in [7, 11) is 0. The van der Waals surface area contributed by atoms with Crippen molar-refractivity contribution in [3.63, 3.8) is 0 Å². The number of aromatic amines is 1. The van der Waals surface area contributed by atoms with Gasteiger partial charge in [-0.3, -0.25) is 4.79 Å². The fraction of sp³-hybridized carbons (Fsp3) is 0.364. The van der Waals surface area contributed by atoms with Gasteiger partial charge in [0.1, 0.15) is 11.6 Å². The lowest BCUT2D eigenvalue weighted by Crippen LogP contribution is -2.41. The van der Waals surface area contributed by atoms with Crippen LogP contribution in [0.5, 0.6) is 5.75 Å². The number of hydrogen-bond donors (Lipinski definition) is 1. The average Bonchev–Trinajstić information content (AvgIpc) is 3.06. The van der Waals surface area contributed by atoms with Crippen molar-refractivity contribution >= 4 is 16.9 Å². The Morgan fingerprint density at radius 2 is 2.04 bits per heavy atom. The van der Waals surface area contributed by atoms with Crippen molar-refractivity contribution < 1.29 is 9.53 Å². The summed E-state index contributed by atoms with van der Waals surface area (Å²) in [6.07, 6.45) is 2.10. The zero-order chi connectivity index (χ0) is 18.8. The van der Waals surface area contributed by atoms with Crippen LogP contribution in [0.4, 0.5) is 0 Å². The largest absolute Gasteiger partial charge is 0.493 e. The molecule has 3 aromatic rings. The number of amides is 1. The number of likely N-dealkylation sites (tertiary alicyclic amines) is 1. The molecular formula is C22H25N3O2. The number of fused-ring (bicyclic) bond motifs is 1. The van der Waals surface area contributed by atoms with Gasteiger partial charge in [-0.05, 0) is 57.0 Å². The maximum atomic E-state index is 13.0. The normalized spacial score (nSPS) is 17.3. The highest BCUT2D eigenvalue weighted by atomic mass is 16.5. The number of carbonyl (C=O) groups is 1. The second-order valence-electron chi connectivity index (χ2n) is 7.44. The first-order valence-corrected chi connectivity index (χ1v) is 9.53. The third kappa shape index (κ3) is 3.97. The van der Waals surface area contributed by atoms with Crippen LogP contribution in [-0.2, 0) is 0 Å². The summed E-state index contributed by atoms with van der Waals surface area (Å²) in [4.78, 5) is 22.5. The number of aromatic nitrogens is 2. The fourth-order valence-electron chi connectivity index (χ4n) is 3.69. The highest BCUT2D eigenvalue weighted by Crippen LogP contribution is 2.22. The Kier molecular flexibility index (Phi) is 4.84. The molecule has 1 fully saturated rings. The van der Waals surface area contributed by atoms with Crippen LogP contribution in [-0.4, -0.2) is 40.5 Å². The maximum Gasteiger partial charge on any atom is 0.253 e. The number of benzene rings is 2. The first kappa shape index (κ1) is 17.6. The molecule has 5 heteroatoms. The van der Waals surface area contributed by atoms with E-state index in [-0.39, 0.29) is 5.91 Å². The second kappa shape index (κ2) is 7.43. The van der Waals surface area contributed by atoms with Crippen molar-refractivity contribution in [2.24, 2.45) is 5.92 Å². The average molecular weight is 363 g/mol. The van der Waals surface area contributed by atoms with Crippen LogP contribution in [0.2, 0.25) is 0 Å². The second-order valence-corrected chi connectivity index (χ2v) is 7.44. The van der Waals surface area contributed by atoms with Crippen LogP contribution in [0, 0.1) is 19.8 Å². The highest BCUT2D eigenvalue weighted by molar-refractivity contribution is 5.97. The molecule has 2 aromatic carbocycles. The molecular weight excluding hydrogens is 338 g/mol. The molecule has 1 amide bonds. The minimum atomic E-state index is 0.0872. The van der Waals surface area contributed by atoms with Gasteiger partial charge in [-0.15, -0.1) is 0 Å². The third-order valence-corrected chi connectivity index (χ3v) is 5.16. The molecule has 0 aliphatic carbocycles. The molecule has 1 aliphatic rings. The first-order valence-electron chi connectivity index (χ1n) is 9.53. The molecule has 0 bridgehead atoms. The lowest BCUT2D eigenvalue weighted by Gasteiger charge is -2.32. The Morgan fingerprint density at radius 1 is 1.22 bits per heavy atom. The van der Waals surface area contributed by atoms with E-state index in [1.807, 2.05) is 42.2 Å². The van der Waals surface area contributed by atoms with E-state index in [1.165, 1.54) is 5.56 Å². The number of ether oxygens (including phenoxy) is 1. The topological polar surface area (TPSA) is 58.2 Å². The first-order chi connectivity index (χ1) is 13.1. The Labute approximate surface area is 159 Å². The van der Waals surface area contributed by atoms with Crippen LogP contribution < -0.4 is 4.74 Å². The van der Waals surface area contributed by atoms with Gasteiger partial charge in [0.05, 0.1) is 17.6 Å².